The van der Waals surface area contributed by atoms with Crippen molar-refractivity contribution in [2.75, 3.05) is 13.7 Å². The van der Waals surface area contributed by atoms with Crippen LogP contribution in [0.4, 0.5) is 0 Å². The molecule has 1 spiro atoms. The summed E-state index contributed by atoms with van der Waals surface area (Å²) < 4.78 is 5.45. The number of carbonyl (C=O) groups is 4. The van der Waals surface area contributed by atoms with Crippen LogP contribution in [-0.2, 0) is 14.4 Å². The zero-order valence-electron chi connectivity index (χ0n) is 22.3. The smallest absolute Gasteiger partial charge is 0.271 e. The van der Waals surface area contributed by atoms with Crippen molar-refractivity contribution >= 4 is 46.0 Å². The SMILES string of the molecule is CCC(=O)C(CC1CC2(CC2)NC1=O)NC(=O)C1C2CCCC2CN1C(=O)c1cc2c(OC)cc(Cl)cc2[nH]1. The molecule has 0 bridgehead atoms. The molecular formula is C29H35ClN4O5. The van der Waals surface area contributed by atoms with Crippen molar-refractivity contribution in [3.8, 4) is 5.75 Å². The van der Waals surface area contributed by atoms with Crippen LogP contribution in [0.2, 0.25) is 5.02 Å². The highest BCUT2D eigenvalue weighted by molar-refractivity contribution is 6.31. The molecule has 5 unspecified atom stereocenters. The topological polar surface area (TPSA) is 121 Å². The molecule has 5 atom stereocenters. The molecule has 9 nitrogen and oxygen atoms in total. The van der Waals surface area contributed by atoms with Gasteiger partial charge in [0.05, 0.1) is 18.7 Å². The quantitative estimate of drug-likeness (QED) is 0.460. The van der Waals surface area contributed by atoms with Gasteiger partial charge >= 0.3 is 0 Å². The number of benzene rings is 1. The van der Waals surface area contributed by atoms with Crippen molar-refractivity contribution in [3.05, 3.63) is 28.9 Å². The van der Waals surface area contributed by atoms with Gasteiger partial charge in [0, 0.05) is 34.8 Å². The number of H-pyrrole nitrogens is 1. The van der Waals surface area contributed by atoms with Crippen molar-refractivity contribution in [2.45, 2.75) is 75.9 Å². The Balaban J connectivity index is 1.24. The maximum Gasteiger partial charge on any atom is 0.271 e. The fraction of sp³-hybridized carbons (Fsp3) is 0.586. The second kappa shape index (κ2) is 9.84. The van der Waals surface area contributed by atoms with Crippen LogP contribution in [0.15, 0.2) is 18.2 Å². The Morgan fingerprint density at radius 3 is 2.72 bits per heavy atom. The molecule has 2 aliphatic heterocycles. The van der Waals surface area contributed by atoms with Gasteiger partial charge in [0.2, 0.25) is 11.8 Å². The molecule has 6 rings (SSSR count). The Bertz CT molecular complexity index is 1350. The number of ketones is 1. The summed E-state index contributed by atoms with van der Waals surface area (Å²) >= 11 is 6.22. The summed E-state index contributed by atoms with van der Waals surface area (Å²) in [5.74, 6) is -0.126. The van der Waals surface area contributed by atoms with Crippen LogP contribution in [-0.4, -0.2) is 64.7 Å². The molecule has 2 saturated heterocycles. The summed E-state index contributed by atoms with van der Waals surface area (Å²) in [5, 5.41) is 7.31. The third kappa shape index (κ3) is 4.68. The molecule has 3 heterocycles. The van der Waals surface area contributed by atoms with E-state index in [4.69, 9.17) is 16.3 Å². The van der Waals surface area contributed by atoms with Crippen LogP contribution < -0.4 is 15.4 Å². The predicted molar refractivity (Wildman–Crippen MR) is 146 cm³/mol. The van der Waals surface area contributed by atoms with Gasteiger partial charge in [-0.2, -0.15) is 0 Å². The summed E-state index contributed by atoms with van der Waals surface area (Å²) in [7, 11) is 1.55. The molecule has 208 valence electrons. The van der Waals surface area contributed by atoms with Crippen molar-refractivity contribution in [2.24, 2.45) is 17.8 Å². The Labute approximate surface area is 232 Å². The summed E-state index contributed by atoms with van der Waals surface area (Å²) in [4.78, 5) is 58.1. The lowest BCUT2D eigenvalue weighted by molar-refractivity contribution is -0.132. The first kappa shape index (κ1) is 26.2. The van der Waals surface area contributed by atoms with Crippen molar-refractivity contribution in [1.29, 1.82) is 0 Å². The lowest BCUT2D eigenvalue weighted by Crippen LogP contribution is -2.53. The number of methoxy groups -OCH3 is 1. The molecule has 0 radical (unpaired) electrons. The lowest BCUT2D eigenvalue weighted by atomic mass is 9.91. The Kier molecular flexibility index (Phi) is 6.60. The fourth-order valence-electron chi connectivity index (χ4n) is 7.17. The van der Waals surface area contributed by atoms with E-state index in [9.17, 15) is 19.2 Å². The van der Waals surface area contributed by atoms with Crippen LogP contribution in [0.5, 0.6) is 5.75 Å². The largest absolute Gasteiger partial charge is 0.496 e. The van der Waals surface area contributed by atoms with Gasteiger partial charge < -0.3 is 25.3 Å². The van der Waals surface area contributed by atoms with E-state index in [1.165, 1.54) is 0 Å². The van der Waals surface area contributed by atoms with Crippen molar-refractivity contribution in [1.82, 2.24) is 20.5 Å². The summed E-state index contributed by atoms with van der Waals surface area (Å²) in [5.41, 5.74) is 0.950. The number of aromatic nitrogens is 1. The average Bonchev–Trinajstić information content (AvgIpc) is 3.28. The maximum absolute atomic E-state index is 13.9. The number of carbonyl (C=O) groups excluding carboxylic acids is 4. The second-order valence-corrected chi connectivity index (χ2v) is 12.2. The van der Waals surface area contributed by atoms with E-state index in [2.05, 4.69) is 15.6 Å². The average molecular weight is 555 g/mol. The minimum Gasteiger partial charge on any atom is -0.496 e. The van der Waals surface area contributed by atoms with E-state index in [0.717, 1.165) is 37.5 Å². The van der Waals surface area contributed by atoms with Gasteiger partial charge in [-0.15, -0.1) is 0 Å². The first-order valence-corrected chi connectivity index (χ1v) is 14.4. The number of nitrogens with zero attached hydrogens (tertiary/aromatic N) is 1. The molecule has 4 fully saturated rings. The number of hydrogen-bond donors (Lipinski definition) is 3. The zero-order chi connectivity index (χ0) is 27.5. The summed E-state index contributed by atoms with van der Waals surface area (Å²) in [6.45, 7) is 2.27. The van der Waals surface area contributed by atoms with Crippen LogP contribution in [0, 0.1) is 17.8 Å². The third-order valence-electron chi connectivity index (χ3n) is 9.36. The number of halogens is 1. The molecule has 1 aromatic carbocycles. The van der Waals surface area contributed by atoms with Crippen LogP contribution in [0.3, 0.4) is 0 Å². The number of ether oxygens (including phenoxy) is 1. The molecule has 2 aliphatic carbocycles. The zero-order valence-corrected chi connectivity index (χ0v) is 23.1. The molecule has 10 heteroatoms. The van der Waals surface area contributed by atoms with Gasteiger partial charge in [0.15, 0.2) is 5.78 Å². The number of fused-ring (bicyclic) bond motifs is 2. The van der Waals surface area contributed by atoms with Crippen molar-refractivity contribution in [3.63, 3.8) is 0 Å². The third-order valence-corrected chi connectivity index (χ3v) is 9.58. The molecule has 39 heavy (non-hydrogen) atoms. The van der Waals surface area contributed by atoms with E-state index in [-0.39, 0.29) is 53.2 Å². The maximum atomic E-state index is 13.9. The van der Waals surface area contributed by atoms with E-state index in [1.807, 2.05) is 0 Å². The molecule has 3 amide bonds. The normalized spacial score (nSPS) is 27.5. The number of hydrogen-bond acceptors (Lipinski definition) is 5. The molecule has 2 saturated carbocycles. The molecular weight excluding hydrogens is 520 g/mol. The number of rotatable bonds is 8. The molecule has 4 aliphatic rings. The number of nitrogens with one attached hydrogen (secondary N) is 3. The highest BCUT2D eigenvalue weighted by atomic mass is 35.5. The predicted octanol–water partition coefficient (Wildman–Crippen LogP) is 3.59. The minimum atomic E-state index is -0.746. The van der Waals surface area contributed by atoms with Gasteiger partial charge in [0.25, 0.3) is 5.91 Å². The Morgan fingerprint density at radius 2 is 2.03 bits per heavy atom. The first-order valence-electron chi connectivity index (χ1n) is 14.0. The van der Waals surface area contributed by atoms with Gasteiger partial charge in [-0.1, -0.05) is 24.9 Å². The van der Waals surface area contributed by atoms with Gasteiger partial charge in [-0.05, 0) is 68.6 Å². The second-order valence-electron chi connectivity index (χ2n) is 11.8. The van der Waals surface area contributed by atoms with E-state index < -0.39 is 12.1 Å². The van der Waals surface area contributed by atoms with Crippen molar-refractivity contribution < 1.29 is 23.9 Å². The molecule has 3 N–H and O–H groups in total. The highest BCUT2D eigenvalue weighted by Crippen LogP contribution is 2.46. The van der Waals surface area contributed by atoms with Crippen LogP contribution in [0.25, 0.3) is 10.9 Å². The van der Waals surface area contributed by atoms with E-state index >= 15 is 0 Å². The number of Topliss-reactive ketones (excluding diaryl/α,β-unsaturated/α-hetero) is 1. The first-order chi connectivity index (χ1) is 18.7. The van der Waals surface area contributed by atoms with Crippen LogP contribution >= 0.6 is 11.6 Å². The number of aromatic amines is 1. The fourth-order valence-corrected chi connectivity index (χ4v) is 7.38. The monoisotopic (exact) mass is 554 g/mol. The highest BCUT2D eigenvalue weighted by Gasteiger charge is 2.53. The summed E-state index contributed by atoms with van der Waals surface area (Å²) in [6, 6.07) is 3.77. The molecule has 2 aromatic rings. The standard InChI is InChI=1S/C29H35ClN4O5/c1-3-23(35)21(9-16-13-29(7-8-29)33-26(16)36)32-27(37)25-18-6-4-5-15(18)14-34(25)28(38)22-12-19-20(31-22)10-17(30)11-24(19)39-2/h10-12,15-16,18,21,25,31H,3-9,13-14H2,1-2H3,(H,32,37)(H,33,36). The van der Waals surface area contributed by atoms with Gasteiger partial charge in [-0.3, -0.25) is 19.2 Å². The lowest BCUT2D eigenvalue weighted by Gasteiger charge is -2.29. The minimum absolute atomic E-state index is 0.0291. The number of likely N-dealkylation sites (tertiary alicyclic amines) is 1. The Morgan fingerprint density at radius 1 is 1.23 bits per heavy atom. The van der Waals surface area contributed by atoms with E-state index in [0.29, 0.717) is 41.4 Å². The number of amides is 3. The Hall–Kier alpha value is -3.07. The van der Waals surface area contributed by atoms with Crippen LogP contribution in [0.1, 0.15) is 68.8 Å². The summed E-state index contributed by atoms with van der Waals surface area (Å²) in [6.07, 6.45) is 6.07. The van der Waals surface area contributed by atoms with Gasteiger partial charge in [0.1, 0.15) is 17.5 Å². The van der Waals surface area contributed by atoms with Gasteiger partial charge in [-0.25, -0.2) is 0 Å². The molecule has 1 aromatic heterocycles. The van der Waals surface area contributed by atoms with E-state index in [1.54, 1.807) is 37.1 Å².